The number of benzene rings is 3. The number of anilines is 2. The van der Waals surface area contributed by atoms with Crippen LogP contribution in [-0.4, -0.2) is 23.0 Å². The molecule has 3 rings (SSSR count). The number of nitrogens with one attached hydrogen (secondary N) is 2. The summed E-state index contributed by atoms with van der Waals surface area (Å²) >= 11 is 0. The molecule has 0 radical (unpaired) electrons. The van der Waals surface area contributed by atoms with Crippen LogP contribution in [0.4, 0.5) is 16.2 Å². The first-order chi connectivity index (χ1) is 16.3. The molecule has 8 heteroatoms. The van der Waals surface area contributed by atoms with Gasteiger partial charge in [-0.15, -0.1) is 0 Å². The summed E-state index contributed by atoms with van der Waals surface area (Å²) in [4.78, 5) is 37.1. The van der Waals surface area contributed by atoms with Gasteiger partial charge in [-0.3, -0.25) is 14.9 Å². The number of nitrogen functional groups attached to an aromatic ring is 1. The van der Waals surface area contributed by atoms with Gasteiger partial charge in [0.15, 0.2) is 0 Å². The lowest BCUT2D eigenvalue weighted by Crippen LogP contribution is -2.33. The zero-order valence-corrected chi connectivity index (χ0v) is 18.5. The van der Waals surface area contributed by atoms with Crippen LogP contribution >= 0.6 is 0 Å². The van der Waals surface area contributed by atoms with E-state index in [1.165, 1.54) is 18.2 Å². The van der Waals surface area contributed by atoms with Crippen LogP contribution in [0, 0.1) is 5.92 Å². The van der Waals surface area contributed by atoms with E-state index in [-0.39, 0.29) is 5.75 Å². The van der Waals surface area contributed by atoms with Gasteiger partial charge in [-0.1, -0.05) is 55.5 Å². The number of phenolic OH excluding ortho intramolecular Hbond substituents is 1. The number of hydrogen-bond donors (Lipinski definition) is 4. The van der Waals surface area contributed by atoms with Gasteiger partial charge in [-0.25, -0.2) is 4.79 Å². The van der Waals surface area contributed by atoms with Crippen molar-refractivity contribution in [1.82, 2.24) is 5.32 Å². The first-order valence-corrected chi connectivity index (χ1v) is 10.5. The molecule has 0 fully saturated rings. The van der Waals surface area contributed by atoms with Crippen molar-refractivity contribution in [1.29, 1.82) is 0 Å². The number of aromatic hydroxyl groups is 1. The molecule has 0 aliphatic carbocycles. The Morgan fingerprint density at radius 1 is 0.941 bits per heavy atom. The predicted octanol–water partition coefficient (Wildman–Crippen LogP) is 4.41. The molecule has 0 saturated carbocycles. The van der Waals surface area contributed by atoms with Crippen molar-refractivity contribution in [3.63, 3.8) is 0 Å². The standard InChI is InChI=1S/C26H25N3O5/c1-17(11-16-23(31)28-22-10-6-5-9-21(22)27)24(18-12-14-20(30)15-13-18)34-26(33)29-25(32)19-7-3-2-4-8-19/h2-17,24,30H,27H2,1H3,(H,28,31)(H,29,32,33)/b16-11+/t17-,24-/m1/s1. The number of rotatable bonds is 7. The van der Waals surface area contributed by atoms with E-state index in [9.17, 15) is 19.5 Å². The number of alkyl carbamates (subject to hydrolysis) is 1. The maximum absolute atomic E-state index is 12.5. The summed E-state index contributed by atoms with van der Waals surface area (Å²) in [6, 6.07) is 21.2. The Bertz CT molecular complexity index is 1180. The summed E-state index contributed by atoms with van der Waals surface area (Å²) in [5, 5.41) is 14.5. The van der Waals surface area contributed by atoms with Gasteiger partial charge in [-0.05, 0) is 48.0 Å². The number of para-hydroxylation sites is 2. The zero-order valence-electron chi connectivity index (χ0n) is 18.5. The van der Waals surface area contributed by atoms with E-state index in [4.69, 9.17) is 10.5 Å². The summed E-state index contributed by atoms with van der Waals surface area (Å²) in [5.74, 6) is -1.41. The molecule has 0 heterocycles. The van der Waals surface area contributed by atoms with Crippen molar-refractivity contribution < 1.29 is 24.2 Å². The fourth-order valence-electron chi connectivity index (χ4n) is 3.17. The fourth-order valence-corrected chi connectivity index (χ4v) is 3.17. The molecular formula is C26H25N3O5. The molecule has 2 atom stereocenters. The van der Waals surface area contributed by atoms with Crippen LogP contribution in [0.25, 0.3) is 0 Å². The Labute approximate surface area is 197 Å². The maximum Gasteiger partial charge on any atom is 0.414 e. The van der Waals surface area contributed by atoms with Gasteiger partial charge in [0.2, 0.25) is 5.91 Å². The second kappa shape index (κ2) is 11.3. The van der Waals surface area contributed by atoms with Crippen molar-refractivity contribution >= 4 is 29.3 Å². The average molecular weight is 460 g/mol. The third-order valence-corrected chi connectivity index (χ3v) is 4.95. The minimum absolute atomic E-state index is 0.0502. The van der Waals surface area contributed by atoms with Crippen LogP contribution in [0.15, 0.2) is 91.0 Å². The molecule has 3 aromatic rings. The number of nitrogens with two attached hydrogens (primary N) is 1. The van der Waals surface area contributed by atoms with E-state index < -0.39 is 29.9 Å². The van der Waals surface area contributed by atoms with Gasteiger partial charge in [0.1, 0.15) is 11.9 Å². The highest BCUT2D eigenvalue weighted by Crippen LogP contribution is 2.29. The van der Waals surface area contributed by atoms with E-state index in [2.05, 4.69) is 10.6 Å². The topological polar surface area (TPSA) is 131 Å². The molecule has 0 unspecified atom stereocenters. The number of phenols is 1. The maximum atomic E-state index is 12.5. The summed E-state index contributed by atoms with van der Waals surface area (Å²) in [7, 11) is 0. The molecule has 3 amide bonds. The second-order valence-corrected chi connectivity index (χ2v) is 7.53. The highest BCUT2D eigenvalue weighted by Gasteiger charge is 2.24. The summed E-state index contributed by atoms with van der Waals surface area (Å²) in [5.41, 5.74) is 7.65. The molecule has 8 nitrogen and oxygen atoms in total. The zero-order chi connectivity index (χ0) is 24.5. The monoisotopic (exact) mass is 459 g/mol. The minimum Gasteiger partial charge on any atom is -0.508 e. The Balaban J connectivity index is 1.71. The number of carbonyl (C=O) groups excluding carboxylic acids is 3. The van der Waals surface area contributed by atoms with Crippen LogP contribution in [-0.2, 0) is 9.53 Å². The van der Waals surface area contributed by atoms with Crippen LogP contribution < -0.4 is 16.4 Å². The molecular weight excluding hydrogens is 434 g/mol. The lowest BCUT2D eigenvalue weighted by atomic mass is 9.96. The second-order valence-electron chi connectivity index (χ2n) is 7.53. The lowest BCUT2D eigenvalue weighted by molar-refractivity contribution is -0.111. The van der Waals surface area contributed by atoms with Gasteiger partial charge in [0, 0.05) is 11.5 Å². The van der Waals surface area contributed by atoms with E-state index in [0.717, 1.165) is 0 Å². The highest BCUT2D eigenvalue weighted by molar-refractivity contribution is 6.03. The van der Waals surface area contributed by atoms with Crippen molar-refractivity contribution in [3.05, 3.63) is 102 Å². The largest absolute Gasteiger partial charge is 0.508 e. The molecule has 0 saturated heterocycles. The molecule has 0 spiro atoms. The number of carbonyl (C=O) groups is 3. The fraction of sp³-hybridized carbons (Fsp3) is 0.115. The van der Waals surface area contributed by atoms with Crippen LogP contribution in [0.2, 0.25) is 0 Å². The third-order valence-electron chi connectivity index (χ3n) is 4.95. The van der Waals surface area contributed by atoms with Crippen molar-refractivity contribution in [3.8, 4) is 5.75 Å². The number of amides is 3. The number of ether oxygens (including phenoxy) is 1. The van der Waals surface area contributed by atoms with Crippen LogP contribution in [0.5, 0.6) is 5.75 Å². The Kier molecular flexibility index (Phi) is 8.02. The van der Waals surface area contributed by atoms with E-state index in [1.807, 2.05) is 0 Å². The van der Waals surface area contributed by atoms with Crippen LogP contribution in [0.3, 0.4) is 0 Å². The SMILES string of the molecule is C[C@H](/C=C/C(=O)Nc1ccccc1N)[C@@H](OC(=O)NC(=O)c1ccccc1)c1ccc(O)cc1. The van der Waals surface area contributed by atoms with E-state index >= 15 is 0 Å². The summed E-state index contributed by atoms with van der Waals surface area (Å²) < 4.78 is 5.54. The molecule has 3 aromatic carbocycles. The first kappa shape index (κ1) is 24.1. The van der Waals surface area contributed by atoms with Gasteiger partial charge in [0.25, 0.3) is 5.91 Å². The normalized spacial score (nSPS) is 12.5. The molecule has 174 valence electrons. The quantitative estimate of drug-likeness (QED) is 0.306. The summed E-state index contributed by atoms with van der Waals surface area (Å²) in [6.45, 7) is 1.75. The average Bonchev–Trinajstić information content (AvgIpc) is 2.83. The Hall–Kier alpha value is -4.59. The molecule has 0 bridgehead atoms. The Morgan fingerprint density at radius 3 is 2.26 bits per heavy atom. The van der Waals surface area contributed by atoms with Crippen molar-refractivity contribution in [2.75, 3.05) is 11.1 Å². The highest BCUT2D eigenvalue weighted by atomic mass is 16.6. The van der Waals surface area contributed by atoms with Gasteiger partial charge >= 0.3 is 6.09 Å². The van der Waals surface area contributed by atoms with E-state index in [1.54, 1.807) is 79.7 Å². The van der Waals surface area contributed by atoms with Gasteiger partial charge in [-0.2, -0.15) is 0 Å². The van der Waals surface area contributed by atoms with Crippen molar-refractivity contribution in [2.45, 2.75) is 13.0 Å². The molecule has 5 N–H and O–H groups in total. The van der Waals surface area contributed by atoms with Gasteiger partial charge < -0.3 is 20.9 Å². The number of imide groups is 1. The van der Waals surface area contributed by atoms with Gasteiger partial charge in [0.05, 0.1) is 11.4 Å². The third kappa shape index (κ3) is 6.70. The Morgan fingerprint density at radius 2 is 1.59 bits per heavy atom. The smallest absolute Gasteiger partial charge is 0.414 e. The summed E-state index contributed by atoms with van der Waals surface area (Å²) in [6.07, 6.45) is 1.13. The van der Waals surface area contributed by atoms with Crippen molar-refractivity contribution in [2.24, 2.45) is 5.92 Å². The number of hydrogen-bond acceptors (Lipinski definition) is 6. The molecule has 34 heavy (non-hydrogen) atoms. The first-order valence-electron chi connectivity index (χ1n) is 10.5. The lowest BCUT2D eigenvalue weighted by Gasteiger charge is -2.22. The van der Waals surface area contributed by atoms with E-state index in [0.29, 0.717) is 22.5 Å². The van der Waals surface area contributed by atoms with Crippen LogP contribution in [0.1, 0.15) is 28.9 Å². The molecule has 0 aromatic heterocycles. The molecule has 0 aliphatic rings. The molecule has 0 aliphatic heterocycles. The minimum atomic E-state index is -0.936. The predicted molar refractivity (Wildman–Crippen MR) is 129 cm³/mol.